The van der Waals surface area contributed by atoms with Crippen molar-refractivity contribution in [3.05, 3.63) is 0 Å². The SMILES string of the molecule is CCN(CC)CC1(CNC(C)C)CCC(C)CC1. The molecule has 1 fully saturated rings. The number of rotatable bonds is 7. The van der Waals surface area contributed by atoms with Gasteiger partial charge in [-0.1, -0.05) is 47.5 Å². The minimum absolute atomic E-state index is 0.531. The summed E-state index contributed by atoms with van der Waals surface area (Å²) >= 11 is 0. The number of hydrogen-bond acceptors (Lipinski definition) is 2. The van der Waals surface area contributed by atoms with Gasteiger partial charge in [0.25, 0.3) is 0 Å². The minimum atomic E-state index is 0.531. The van der Waals surface area contributed by atoms with Gasteiger partial charge in [-0.25, -0.2) is 0 Å². The average molecular weight is 254 g/mol. The Balaban J connectivity index is 2.61. The fourth-order valence-corrected chi connectivity index (χ4v) is 3.11. The lowest BCUT2D eigenvalue weighted by atomic mass is 9.70. The monoisotopic (exact) mass is 254 g/mol. The zero-order valence-electron chi connectivity index (χ0n) is 13.3. The molecule has 0 bridgehead atoms. The van der Waals surface area contributed by atoms with Crippen LogP contribution in [0.4, 0.5) is 0 Å². The second-order valence-corrected chi connectivity index (χ2v) is 6.68. The maximum atomic E-state index is 3.70. The van der Waals surface area contributed by atoms with Gasteiger partial charge in [-0.05, 0) is 37.3 Å². The Hall–Kier alpha value is -0.0800. The molecule has 0 aromatic carbocycles. The molecule has 18 heavy (non-hydrogen) atoms. The van der Waals surface area contributed by atoms with Crippen LogP contribution in [0.2, 0.25) is 0 Å². The summed E-state index contributed by atoms with van der Waals surface area (Å²) in [6.45, 7) is 16.4. The second kappa shape index (κ2) is 7.49. The van der Waals surface area contributed by atoms with Crippen molar-refractivity contribution >= 4 is 0 Å². The molecule has 1 N–H and O–H groups in total. The third kappa shape index (κ3) is 4.89. The van der Waals surface area contributed by atoms with Crippen LogP contribution in [0.5, 0.6) is 0 Å². The van der Waals surface area contributed by atoms with E-state index in [1.165, 1.54) is 51.9 Å². The summed E-state index contributed by atoms with van der Waals surface area (Å²) in [5.74, 6) is 0.939. The van der Waals surface area contributed by atoms with Crippen LogP contribution in [-0.4, -0.2) is 37.1 Å². The Morgan fingerprint density at radius 3 is 2.17 bits per heavy atom. The fraction of sp³-hybridized carbons (Fsp3) is 1.00. The third-order valence-electron chi connectivity index (χ3n) is 4.67. The Morgan fingerprint density at radius 1 is 1.17 bits per heavy atom. The lowest BCUT2D eigenvalue weighted by molar-refractivity contribution is 0.0895. The summed E-state index contributed by atoms with van der Waals surface area (Å²) in [5.41, 5.74) is 0.531. The number of nitrogens with one attached hydrogen (secondary N) is 1. The van der Waals surface area contributed by atoms with Crippen LogP contribution in [0.15, 0.2) is 0 Å². The van der Waals surface area contributed by atoms with E-state index >= 15 is 0 Å². The van der Waals surface area contributed by atoms with Crippen LogP contribution >= 0.6 is 0 Å². The van der Waals surface area contributed by atoms with E-state index in [-0.39, 0.29) is 0 Å². The smallest absolute Gasteiger partial charge is 0.00499 e. The highest BCUT2D eigenvalue weighted by Gasteiger charge is 2.35. The van der Waals surface area contributed by atoms with Crippen molar-refractivity contribution in [1.29, 1.82) is 0 Å². The molecule has 0 saturated heterocycles. The maximum absolute atomic E-state index is 3.70. The summed E-state index contributed by atoms with van der Waals surface area (Å²) in [6.07, 6.45) is 5.65. The maximum Gasteiger partial charge on any atom is 0.00499 e. The van der Waals surface area contributed by atoms with Crippen LogP contribution in [-0.2, 0) is 0 Å². The molecule has 0 radical (unpaired) electrons. The van der Waals surface area contributed by atoms with Crippen molar-refractivity contribution in [3.63, 3.8) is 0 Å². The molecule has 0 aromatic rings. The van der Waals surface area contributed by atoms with Gasteiger partial charge in [0, 0.05) is 19.1 Å². The molecular weight excluding hydrogens is 220 g/mol. The summed E-state index contributed by atoms with van der Waals surface area (Å²) in [5, 5.41) is 3.70. The zero-order valence-corrected chi connectivity index (χ0v) is 13.3. The van der Waals surface area contributed by atoms with E-state index in [0.29, 0.717) is 11.5 Å². The van der Waals surface area contributed by atoms with Crippen LogP contribution in [0.25, 0.3) is 0 Å². The molecule has 0 unspecified atom stereocenters. The van der Waals surface area contributed by atoms with Crippen molar-refractivity contribution in [3.8, 4) is 0 Å². The van der Waals surface area contributed by atoms with Crippen LogP contribution in [0, 0.1) is 11.3 Å². The summed E-state index contributed by atoms with van der Waals surface area (Å²) in [7, 11) is 0. The molecule has 0 atom stereocenters. The molecule has 1 aliphatic rings. The van der Waals surface area contributed by atoms with Crippen molar-refractivity contribution in [2.75, 3.05) is 26.2 Å². The Bertz CT molecular complexity index is 213. The van der Waals surface area contributed by atoms with Crippen LogP contribution < -0.4 is 5.32 Å². The molecule has 0 aliphatic heterocycles. The van der Waals surface area contributed by atoms with E-state index in [1.807, 2.05) is 0 Å². The fourth-order valence-electron chi connectivity index (χ4n) is 3.11. The quantitative estimate of drug-likeness (QED) is 0.748. The van der Waals surface area contributed by atoms with Crippen LogP contribution in [0.3, 0.4) is 0 Å². The first-order valence-corrected chi connectivity index (χ1v) is 7.97. The molecule has 2 heteroatoms. The van der Waals surface area contributed by atoms with E-state index in [9.17, 15) is 0 Å². The molecule has 2 nitrogen and oxygen atoms in total. The molecule has 0 amide bonds. The van der Waals surface area contributed by atoms with E-state index < -0.39 is 0 Å². The number of nitrogens with zero attached hydrogens (tertiary/aromatic N) is 1. The average Bonchev–Trinajstić information content (AvgIpc) is 2.37. The van der Waals surface area contributed by atoms with Gasteiger partial charge in [0.2, 0.25) is 0 Å². The normalized spacial score (nSPS) is 29.2. The highest BCUT2D eigenvalue weighted by Crippen LogP contribution is 2.39. The molecule has 1 saturated carbocycles. The van der Waals surface area contributed by atoms with Crippen molar-refractivity contribution < 1.29 is 0 Å². The molecule has 1 rings (SSSR count). The largest absolute Gasteiger partial charge is 0.314 e. The first-order valence-electron chi connectivity index (χ1n) is 7.97. The molecule has 1 aliphatic carbocycles. The Labute approximate surface area is 115 Å². The van der Waals surface area contributed by atoms with Crippen LogP contribution in [0.1, 0.15) is 60.3 Å². The lowest BCUT2D eigenvalue weighted by Crippen LogP contribution is -2.47. The Morgan fingerprint density at radius 2 is 1.72 bits per heavy atom. The molecule has 0 aromatic heterocycles. The summed E-state index contributed by atoms with van der Waals surface area (Å²) in [4.78, 5) is 2.61. The predicted molar refractivity (Wildman–Crippen MR) is 81.0 cm³/mol. The summed E-state index contributed by atoms with van der Waals surface area (Å²) in [6, 6.07) is 0.609. The van der Waals surface area contributed by atoms with Gasteiger partial charge in [0.15, 0.2) is 0 Å². The summed E-state index contributed by atoms with van der Waals surface area (Å²) < 4.78 is 0. The minimum Gasteiger partial charge on any atom is -0.314 e. The van der Waals surface area contributed by atoms with Gasteiger partial charge in [-0.2, -0.15) is 0 Å². The van der Waals surface area contributed by atoms with E-state index in [2.05, 4.69) is 44.8 Å². The molecule has 108 valence electrons. The highest BCUT2D eigenvalue weighted by atomic mass is 15.1. The molecule has 0 heterocycles. The van der Waals surface area contributed by atoms with E-state index in [0.717, 1.165) is 5.92 Å². The molecule has 0 spiro atoms. The standard InChI is InChI=1S/C16H34N2/c1-6-18(7-2)13-16(12-17-14(3)4)10-8-15(5)9-11-16/h14-15,17H,6-13H2,1-5H3. The van der Waals surface area contributed by atoms with Crippen molar-refractivity contribution in [2.24, 2.45) is 11.3 Å². The van der Waals surface area contributed by atoms with Gasteiger partial charge >= 0.3 is 0 Å². The second-order valence-electron chi connectivity index (χ2n) is 6.68. The van der Waals surface area contributed by atoms with Crippen molar-refractivity contribution in [1.82, 2.24) is 10.2 Å². The van der Waals surface area contributed by atoms with E-state index in [4.69, 9.17) is 0 Å². The van der Waals surface area contributed by atoms with Crippen molar-refractivity contribution in [2.45, 2.75) is 66.3 Å². The topological polar surface area (TPSA) is 15.3 Å². The third-order valence-corrected chi connectivity index (χ3v) is 4.67. The van der Waals surface area contributed by atoms with Gasteiger partial charge in [0.05, 0.1) is 0 Å². The predicted octanol–water partition coefficient (Wildman–Crippen LogP) is 3.52. The number of hydrogen-bond donors (Lipinski definition) is 1. The van der Waals surface area contributed by atoms with E-state index in [1.54, 1.807) is 0 Å². The van der Waals surface area contributed by atoms with Gasteiger partial charge in [-0.15, -0.1) is 0 Å². The van der Waals surface area contributed by atoms with Gasteiger partial charge in [0.1, 0.15) is 0 Å². The zero-order chi connectivity index (χ0) is 13.6. The lowest BCUT2D eigenvalue weighted by Gasteiger charge is -2.43. The molecular formula is C16H34N2. The van der Waals surface area contributed by atoms with Gasteiger partial charge in [-0.3, -0.25) is 0 Å². The first-order chi connectivity index (χ1) is 8.51. The first kappa shape index (κ1) is 16.0. The Kier molecular flexibility index (Phi) is 6.65. The highest BCUT2D eigenvalue weighted by molar-refractivity contribution is 4.89. The van der Waals surface area contributed by atoms with Gasteiger partial charge < -0.3 is 10.2 Å².